The van der Waals surface area contributed by atoms with Crippen molar-refractivity contribution in [3.05, 3.63) is 95.8 Å². The highest BCUT2D eigenvalue weighted by Crippen LogP contribution is 2.36. The molecule has 0 saturated carbocycles. The number of benzene rings is 3. The Morgan fingerprint density at radius 3 is 2.62 bits per heavy atom. The first-order valence-corrected chi connectivity index (χ1v) is 19.0. The summed E-state index contributed by atoms with van der Waals surface area (Å²) in [6.45, 7) is 8.45. The van der Waals surface area contributed by atoms with Crippen LogP contribution in [0.3, 0.4) is 0 Å². The lowest BCUT2D eigenvalue weighted by Crippen LogP contribution is -2.63. The molecule has 0 aliphatic carbocycles. The molecule has 0 radical (unpaired) electrons. The number of aromatic nitrogens is 3. The summed E-state index contributed by atoms with van der Waals surface area (Å²) in [4.78, 5) is 57.9. The summed E-state index contributed by atoms with van der Waals surface area (Å²) < 4.78 is 5.71. The fourth-order valence-corrected chi connectivity index (χ4v) is 8.10. The number of nitrogens with zero attached hydrogens (tertiary/aromatic N) is 6. The molecule has 3 N–H and O–H groups in total. The third-order valence-corrected chi connectivity index (χ3v) is 11.3. The number of fused-ring (bicyclic) bond motifs is 2. The molecule has 280 valence electrons. The zero-order valence-corrected chi connectivity index (χ0v) is 30.8. The van der Waals surface area contributed by atoms with Crippen LogP contribution in [0.2, 0.25) is 0 Å². The van der Waals surface area contributed by atoms with E-state index in [-0.39, 0.29) is 23.6 Å². The maximum atomic E-state index is 13.4. The second-order valence-electron chi connectivity index (χ2n) is 14.8. The van der Waals surface area contributed by atoms with Crippen molar-refractivity contribution in [2.45, 2.75) is 38.1 Å². The topological polar surface area (TPSA) is 145 Å². The summed E-state index contributed by atoms with van der Waals surface area (Å²) in [5.74, 6) is 0.592. The molecule has 9 rings (SSSR count). The lowest BCUT2D eigenvalue weighted by atomic mass is 9.90. The highest BCUT2D eigenvalue weighted by Gasteiger charge is 2.35. The summed E-state index contributed by atoms with van der Waals surface area (Å²) in [5.41, 5.74) is 8.73. The predicted octanol–water partition coefficient (Wildman–Crippen LogP) is 4.64. The van der Waals surface area contributed by atoms with E-state index >= 15 is 0 Å². The van der Waals surface area contributed by atoms with Gasteiger partial charge in [-0.3, -0.25) is 24.6 Å². The molecule has 3 amide bonds. The summed E-state index contributed by atoms with van der Waals surface area (Å²) in [6.07, 6.45) is 4.94. The van der Waals surface area contributed by atoms with Crippen molar-refractivity contribution < 1.29 is 19.1 Å². The Morgan fingerprint density at radius 1 is 0.964 bits per heavy atom. The SMILES string of the molecule is Cc1c(-c2ccc3cnc(Nc4cccc(CC(=O)N5CCN(C6CN(c7ccc(C8CCC(=O)NC8=O)cc7)C6)CC5)c4)nc3c2)cnc2c1NCCO2. The fourth-order valence-electron chi connectivity index (χ4n) is 8.10. The molecule has 2 aromatic heterocycles. The number of piperidine rings is 1. The van der Waals surface area contributed by atoms with Gasteiger partial charge in [0.2, 0.25) is 29.5 Å². The third-order valence-electron chi connectivity index (χ3n) is 11.3. The third kappa shape index (κ3) is 7.15. The number of carbonyl (C=O) groups excluding carboxylic acids is 3. The smallest absolute Gasteiger partial charge is 0.237 e. The number of nitrogens with one attached hydrogen (secondary N) is 3. The summed E-state index contributed by atoms with van der Waals surface area (Å²) >= 11 is 0. The molecule has 0 spiro atoms. The summed E-state index contributed by atoms with van der Waals surface area (Å²) in [7, 11) is 0. The zero-order valence-electron chi connectivity index (χ0n) is 30.8. The van der Waals surface area contributed by atoms with Crippen molar-refractivity contribution in [2.24, 2.45) is 0 Å². The van der Waals surface area contributed by atoms with E-state index < -0.39 is 0 Å². The first kappa shape index (κ1) is 34.7. The number of hydrogen-bond donors (Lipinski definition) is 3. The molecule has 0 bridgehead atoms. The minimum atomic E-state index is -0.265. The van der Waals surface area contributed by atoms with Gasteiger partial charge in [-0.05, 0) is 65.9 Å². The number of anilines is 4. The molecule has 3 saturated heterocycles. The Hall–Kier alpha value is -6.08. The monoisotopic (exact) mass is 737 g/mol. The molecular weight excluding hydrogens is 695 g/mol. The van der Waals surface area contributed by atoms with Crippen molar-refractivity contribution >= 4 is 51.6 Å². The molecule has 4 aliphatic rings. The van der Waals surface area contributed by atoms with E-state index in [1.54, 1.807) is 0 Å². The lowest BCUT2D eigenvalue weighted by Gasteiger charge is -2.49. The largest absolute Gasteiger partial charge is 0.474 e. The van der Waals surface area contributed by atoms with E-state index in [9.17, 15) is 14.4 Å². The number of carbonyl (C=O) groups is 3. The van der Waals surface area contributed by atoms with Gasteiger partial charge in [0, 0.05) is 93.0 Å². The van der Waals surface area contributed by atoms with Crippen molar-refractivity contribution in [3.63, 3.8) is 0 Å². The average molecular weight is 738 g/mol. The molecule has 1 atom stereocenters. The van der Waals surface area contributed by atoms with E-state index in [1.807, 2.05) is 59.8 Å². The average Bonchev–Trinajstić information content (AvgIpc) is 3.18. The van der Waals surface area contributed by atoms with Crippen LogP contribution in [0.1, 0.15) is 35.4 Å². The minimum Gasteiger partial charge on any atom is -0.474 e. The Kier molecular flexibility index (Phi) is 9.22. The second kappa shape index (κ2) is 14.6. The van der Waals surface area contributed by atoms with Gasteiger partial charge in [-0.1, -0.05) is 36.4 Å². The number of hydrogen-bond acceptors (Lipinski definition) is 11. The number of piperazine rings is 1. The van der Waals surface area contributed by atoms with Gasteiger partial charge in [0.05, 0.1) is 17.9 Å². The number of pyridine rings is 1. The normalized spacial score (nSPS) is 18.9. The Balaban J connectivity index is 0.771. The molecule has 55 heavy (non-hydrogen) atoms. The van der Waals surface area contributed by atoms with Gasteiger partial charge in [-0.2, -0.15) is 0 Å². The minimum absolute atomic E-state index is 0.131. The maximum absolute atomic E-state index is 13.4. The van der Waals surface area contributed by atoms with E-state index in [0.29, 0.717) is 56.8 Å². The Bertz CT molecular complexity index is 2280. The molecule has 13 nitrogen and oxygen atoms in total. The molecular formula is C42H43N9O4. The van der Waals surface area contributed by atoms with Crippen LogP contribution in [0.5, 0.6) is 5.88 Å². The van der Waals surface area contributed by atoms with Crippen molar-refractivity contribution in [2.75, 3.05) is 68.0 Å². The van der Waals surface area contributed by atoms with E-state index in [4.69, 9.17) is 9.72 Å². The first-order chi connectivity index (χ1) is 26.8. The van der Waals surface area contributed by atoms with Crippen LogP contribution in [-0.2, 0) is 20.8 Å². The van der Waals surface area contributed by atoms with Crippen molar-refractivity contribution in [1.29, 1.82) is 0 Å². The van der Waals surface area contributed by atoms with Crippen LogP contribution in [0, 0.1) is 6.92 Å². The molecule has 4 aliphatic heterocycles. The molecule has 3 fully saturated rings. The van der Waals surface area contributed by atoms with E-state index in [2.05, 4.69) is 66.9 Å². The molecule has 3 aromatic carbocycles. The number of imide groups is 1. The molecule has 13 heteroatoms. The summed E-state index contributed by atoms with van der Waals surface area (Å²) in [5, 5.41) is 10.1. The van der Waals surface area contributed by atoms with Gasteiger partial charge >= 0.3 is 0 Å². The number of ether oxygens (including phenoxy) is 1. The highest BCUT2D eigenvalue weighted by molar-refractivity contribution is 6.01. The zero-order chi connectivity index (χ0) is 37.5. The van der Waals surface area contributed by atoms with Crippen LogP contribution in [0.15, 0.2) is 79.1 Å². The van der Waals surface area contributed by atoms with Gasteiger partial charge < -0.3 is 25.2 Å². The van der Waals surface area contributed by atoms with E-state index in [1.165, 1.54) is 0 Å². The second-order valence-corrected chi connectivity index (χ2v) is 14.8. The molecule has 5 aromatic rings. The van der Waals surface area contributed by atoms with Crippen molar-refractivity contribution in [1.82, 2.24) is 30.1 Å². The van der Waals surface area contributed by atoms with Gasteiger partial charge in [-0.25, -0.2) is 15.0 Å². The quantitative estimate of drug-likeness (QED) is 0.192. The van der Waals surface area contributed by atoms with Gasteiger partial charge in [0.15, 0.2) is 0 Å². The van der Waals surface area contributed by atoms with E-state index in [0.717, 1.165) is 88.5 Å². The van der Waals surface area contributed by atoms with Gasteiger partial charge in [-0.15, -0.1) is 0 Å². The first-order valence-electron chi connectivity index (χ1n) is 19.0. The van der Waals surface area contributed by atoms with Gasteiger partial charge in [0.25, 0.3) is 0 Å². The van der Waals surface area contributed by atoms with Crippen LogP contribution in [0.25, 0.3) is 22.0 Å². The lowest BCUT2D eigenvalue weighted by molar-refractivity contribution is -0.134. The maximum Gasteiger partial charge on any atom is 0.237 e. The number of amides is 3. The Labute approximate surface area is 319 Å². The van der Waals surface area contributed by atoms with Crippen molar-refractivity contribution in [3.8, 4) is 17.0 Å². The number of rotatable bonds is 8. The van der Waals surface area contributed by atoms with Crippen LogP contribution >= 0.6 is 0 Å². The standard InChI is InChI=1S/C42H43N9O4/c1-26-35(23-44-41-39(26)43-13-18-55-41)29-5-6-30-22-45-42(47-36(30)21-29)46-31-4-2-3-27(19-31)20-38(53)50-16-14-49(15-17-50)33-24-51(25-33)32-9-7-28(8-10-32)34-11-12-37(52)48-40(34)54/h2-10,19,21-23,33-34,43H,11-18,20,24-25H2,1H3,(H,45,46,47)(H,48,52,54). The van der Waals surface area contributed by atoms with Crippen LogP contribution in [-0.4, -0.2) is 101 Å². The molecule has 1 unspecified atom stereocenters. The summed E-state index contributed by atoms with van der Waals surface area (Å²) in [6, 6.07) is 22.7. The highest BCUT2D eigenvalue weighted by atomic mass is 16.5. The molecule has 6 heterocycles. The van der Waals surface area contributed by atoms with Crippen LogP contribution in [0.4, 0.5) is 23.0 Å². The fraction of sp³-hybridized carbons (Fsp3) is 0.333. The predicted molar refractivity (Wildman–Crippen MR) is 211 cm³/mol. The van der Waals surface area contributed by atoms with Gasteiger partial charge in [0.1, 0.15) is 12.3 Å². The Morgan fingerprint density at radius 2 is 1.80 bits per heavy atom. The van der Waals surface area contributed by atoms with Crippen LogP contribution < -0.4 is 25.6 Å².